The third-order valence-electron chi connectivity index (χ3n) is 3.11. The zero-order chi connectivity index (χ0) is 14.5. The van der Waals surface area contributed by atoms with E-state index in [9.17, 15) is 0 Å². The van der Waals surface area contributed by atoms with Crippen LogP contribution in [0.25, 0.3) is 0 Å². The lowest BCUT2D eigenvalue weighted by Gasteiger charge is -2.16. The van der Waals surface area contributed by atoms with E-state index in [0.29, 0.717) is 6.61 Å². The Balaban J connectivity index is 1.87. The molecule has 1 atom stereocenters. The molecule has 0 saturated heterocycles. The summed E-state index contributed by atoms with van der Waals surface area (Å²) in [4.78, 5) is 8.74. The highest BCUT2D eigenvalue weighted by Gasteiger charge is 2.06. The highest BCUT2D eigenvalue weighted by atomic mass is 16.5. The lowest BCUT2D eigenvalue weighted by molar-refractivity contribution is 0.303. The van der Waals surface area contributed by atoms with E-state index in [-0.39, 0.29) is 6.04 Å². The Morgan fingerprint density at radius 1 is 1.10 bits per heavy atom. The fraction of sp³-hybridized carbons (Fsp3) is 0.375. The van der Waals surface area contributed by atoms with E-state index < -0.39 is 0 Å². The monoisotopic (exact) mass is 271 g/mol. The molecule has 0 spiro atoms. The van der Waals surface area contributed by atoms with E-state index in [4.69, 9.17) is 4.74 Å². The van der Waals surface area contributed by atoms with Crippen molar-refractivity contribution in [3.63, 3.8) is 0 Å². The summed E-state index contributed by atoms with van der Waals surface area (Å²) >= 11 is 0. The molecule has 1 heterocycles. The van der Waals surface area contributed by atoms with E-state index in [0.717, 1.165) is 23.0 Å². The molecule has 0 saturated carbocycles. The van der Waals surface area contributed by atoms with Crippen LogP contribution in [0.4, 0.5) is 5.82 Å². The van der Waals surface area contributed by atoms with Crippen LogP contribution in [0.2, 0.25) is 0 Å². The summed E-state index contributed by atoms with van der Waals surface area (Å²) in [5, 5.41) is 3.29. The second kappa shape index (κ2) is 6.37. The third kappa shape index (κ3) is 3.95. The second-order valence-corrected chi connectivity index (χ2v) is 5.10. The van der Waals surface area contributed by atoms with Crippen LogP contribution >= 0.6 is 0 Å². The standard InChI is InChI=1S/C16H21N3O/c1-11-5-7-15(8-6-11)20-10-12(2)18-16-9-17-13(3)14(4)19-16/h5-9,12H,10H2,1-4H3,(H,18,19). The van der Waals surface area contributed by atoms with Crippen molar-refractivity contribution >= 4 is 5.82 Å². The van der Waals surface area contributed by atoms with Gasteiger partial charge in [0, 0.05) is 0 Å². The fourth-order valence-electron chi connectivity index (χ4n) is 1.76. The van der Waals surface area contributed by atoms with Crippen LogP contribution < -0.4 is 10.1 Å². The van der Waals surface area contributed by atoms with Crippen molar-refractivity contribution in [2.75, 3.05) is 11.9 Å². The largest absolute Gasteiger partial charge is 0.491 e. The highest BCUT2D eigenvalue weighted by molar-refractivity contribution is 5.34. The molecule has 1 aromatic carbocycles. The van der Waals surface area contributed by atoms with Crippen molar-refractivity contribution in [1.29, 1.82) is 0 Å². The van der Waals surface area contributed by atoms with Gasteiger partial charge in [0.25, 0.3) is 0 Å². The summed E-state index contributed by atoms with van der Waals surface area (Å²) in [7, 11) is 0. The normalized spacial score (nSPS) is 12.0. The first kappa shape index (κ1) is 14.3. The van der Waals surface area contributed by atoms with Crippen molar-refractivity contribution in [2.24, 2.45) is 0 Å². The molecular formula is C16H21N3O. The topological polar surface area (TPSA) is 47.0 Å². The molecule has 2 rings (SSSR count). The number of hydrogen-bond acceptors (Lipinski definition) is 4. The minimum absolute atomic E-state index is 0.160. The van der Waals surface area contributed by atoms with Gasteiger partial charge in [0.2, 0.25) is 0 Å². The number of aryl methyl sites for hydroxylation is 3. The van der Waals surface area contributed by atoms with Gasteiger partial charge in [0.1, 0.15) is 18.2 Å². The van der Waals surface area contributed by atoms with Gasteiger partial charge in [-0.25, -0.2) is 4.98 Å². The minimum atomic E-state index is 0.160. The van der Waals surface area contributed by atoms with Crippen molar-refractivity contribution in [2.45, 2.75) is 33.7 Å². The van der Waals surface area contributed by atoms with Crippen molar-refractivity contribution < 1.29 is 4.74 Å². The Hall–Kier alpha value is -2.10. The van der Waals surface area contributed by atoms with Gasteiger partial charge in [-0.05, 0) is 39.8 Å². The number of benzene rings is 1. The van der Waals surface area contributed by atoms with E-state index in [1.807, 2.05) is 38.1 Å². The lowest BCUT2D eigenvalue weighted by atomic mass is 10.2. The number of nitrogens with one attached hydrogen (secondary N) is 1. The molecule has 0 aliphatic carbocycles. The molecule has 1 N–H and O–H groups in total. The summed E-state index contributed by atoms with van der Waals surface area (Å²) in [6.45, 7) is 8.62. The molecular weight excluding hydrogens is 250 g/mol. The molecule has 20 heavy (non-hydrogen) atoms. The molecule has 0 aliphatic rings. The number of aromatic nitrogens is 2. The van der Waals surface area contributed by atoms with Gasteiger partial charge < -0.3 is 10.1 Å². The number of anilines is 1. The van der Waals surface area contributed by atoms with Crippen LogP contribution in [-0.2, 0) is 0 Å². The Labute approximate surface area is 120 Å². The average molecular weight is 271 g/mol. The molecule has 4 nitrogen and oxygen atoms in total. The fourth-order valence-corrected chi connectivity index (χ4v) is 1.76. The van der Waals surface area contributed by atoms with Crippen LogP contribution in [0.15, 0.2) is 30.5 Å². The van der Waals surface area contributed by atoms with Gasteiger partial charge >= 0.3 is 0 Å². The minimum Gasteiger partial charge on any atom is -0.491 e. The molecule has 4 heteroatoms. The number of nitrogens with zero attached hydrogens (tertiary/aromatic N) is 2. The maximum absolute atomic E-state index is 5.74. The maximum atomic E-state index is 5.74. The summed E-state index contributed by atoms with van der Waals surface area (Å²) in [6, 6.07) is 8.22. The smallest absolute Gasteiger partial charge is 0.145 e. The number of rotatable bonds is 5. The quantitative estimate of drug-likeness (QED) is 0.906. The van der Waals surface area contributed by atoms with Gasteiger partial charge in [-0.1, -0.05) is 17.7 Å². The SMILES string of the molecule is Cc1ccc(OCC(C)Nc2cnc(C)c(C)n2)cc1. The Bertz CT molecular complexity index is 566. The van der Waals surface area contributed by atoms with Crippen LogP contribution in [-0.4, -0.2) is 22.6 Å². The molecule has 0 radical (unpaired) electrons. The second-order valence-electron chi connectivity index (χ2n) is 5.10. The van der Waals surface area contributed by atoms with Crippen LogP contribution in [0.3, 0.4) is 0 Å². The van der Waals surface area contributed by atoms with Gasteiger partial charge in [0.05, 0.1) is 23.6 Å². The molecule has 1 unspecified atom stereocenters. The lowest BCUT2D eigenvalue weighted by Crippen LogP contribution is -2.24. The van der Waals surface area contributed by atoms with Crippen molar-refractivity contribution in [3.05, 3.63) is 47.4 Å². The van der Waals surface area contributed by atoms with Crippen molar-refractivity contribution in [3.8, 4) is 5.75 Å². The van der Waals surface area contributed by atoms with E-state index in [2.05, 4.69) is 29.1 Å². The zero-order valence-corrected chi connectivity index (χ0v) is 12.5. The Kier molecular flexibility index (Phi) is 4.56. The zero-order valence-electron chi connectivity index (χ0n) is 12.5. The average Bonchev–Trinajstić information content (AvgIpc) is 2.42. The number of hydrogen-bond donors (Lipinski definition) is 1. The molecule has 2 aromatic rings. The maximum Gasteiger partial charge on any atom is 0.145 e. The van der Waals surface area contributed by atoms with Crippen LogP contribution in [0.5, 0.6) is 5.75 Å². The first-order chi connectivity index (χ1) is 9.54. The first-order valence-corrected chi connectivity index (χ1v) is 6.81. The summed E-state index contributed by atoms with van der Waals surface area (Å²) in [5.41, 5.74) is 3.13. The van der Waals surface area contributed by atoms with E-state index in [1.165, 1.54) is 5.56 Å². The van der Waals surface area contributed by atoms with E-state index >= 15 is 0 Å². The van der Waals surface area contributed by atoms with Gasteiger partial charge in [-0.2, -0.15) is 0 Å². The van der Waals surface area contributed by atoms with Crippen molar-refractivity contribution in [1.82, 2.24) is 9.97 Å². The van der Waals surface area contributed by atoms with Gasteiger partial charge in [-0.3, -0.25) is 4.98 Å². The first-order valence-electron chi connectivity index (χ1n) is 6.81. The van der Waals surface area contributed by atoms with Crippen LogP contribution in [0.1, 0.15) is 23.9 Å². The third-order valence-corrected chi connectivity index (χ3v) is 3.11. The Morgan fingerprint density at radius 3 is 2.45 bits per heavy atom. The molecule has 106 valence electrons. The van der Waals surface area contributed by atoms with E-state index in [1.54, 1.807) is 6.20 Å². The summed E-state index contributed by atoms with van der Waals surface area (Å²) < 4.78 is 5.74. The predicted octanol–water partition coefficient (Wildman–Crippen LogP) is 3.28. The molecule has 0 amide bonds. The summed E-state index contributed by atoms with van der Waals surface area (Å²) in [5.74, 6) is 1.67. The Morgan fingerprint density at radius 2 is 1.80 bits per heavy atom. The molecule has 0 bridgehead atoms. The molecule has 0 aliphatic heterocycles. The highest BCUT2D eigenvalue weighted by Crippen LogP contribution is 2.12. The summed E-state index contributed by atoms with van der Waals surface area (Å²) in [6.07, 6.45) is 1.75. The number of ether oxygens (including phenoxy) is 1. The van der Waals surface area contributed by atoms with Crippen LogP contribution in [0, 0.1) is 20.8 Å². The predicted molar refractivity (Wildman–Crippen MR) is 81.3 cm³/mol. The molecule has 1 aromatic heterocycles. The molecule has 0 fully saturated rings. The van der Waals surface area contributed by atoms with Gasteiger partial charge in [0.15, 0.2) is 0 Å². The van der Waals surface area contributed by atoms with Gasteiger partial charge in [-0.15, -0.1) is 0 Å².